The van der Waals surface area contributed by atoms with Crippen LogP contribution in [0.5, 0.6) is 0 Å². The highest BCUT2D eigenvalue weighted by Gasteiger charge is 2.20. The van der Waals surface area contributed by atoms with Crippen LogP contribution in [0.4, 0.5) is 0 Å². The summed E-state index contributed by atoms with van der Waals surface area (Å²) >= 11 is 6.45. The highest BCUT2D eigenvalue weighted by atomic mass is 35.5. The molecule has 47 heavy (non-hydrogen) atoms. The van der Waals surface area contributed by atoms with Crippen LogP contribution in [0.3, 0.4) is 0 Å². The molecule has 0 atom stereocenters. The molecule has 10 aromatic rings. The van der Waals surface area contributed by atoms with Gasteiger partial charge in [-0.25, -0.2) is 15.0 Å². The molecule has 0 aliphatic heterocycles. The van der Waals surface area contributed by atoms with Crippen molar-refractivity contribution in [1.82, 2.24) is 15.0 Å². The molecule has 0 saturated carbocycles. The van der Waals surface area contributed by atoms with Crippen LogP contribution < -0.4 is 0 Å². The largest absolute Gasteiger partial charge is 0.456 e. The average Bonchev–Trinajstić information content (AvgIpc) is 3.69. The normalized spacial score (nSPS) is 11.9. The Hall–Kier alpha value is -6.04. The first-order valence-electron chi connectivity index (χ1n) is 15.4. The van der Waals surface area contributed by atoms with Crippen molar-refractivity contribution in [3.05, 3.63) is 138 Å². The third-order valence-electron chi connectivity index (χ3n) is 8.99. The van der Waals surface area contributed by atoms with Crippen LogP contribution in [-0.2, 0) is 0 Å². The maximum absolute atomic E-state index is 6.58. The maximum Gasteiger partial charge on any atom is 0.167 e. The topological polar surface area (TPSA) is 65.0 Å². The lowest BCUT2D eigenvalue weighted by Gasteiger charge is -2.10. The molecule has 0 radical (unpaired) electrons. The lowest BCUT2D eigenvalue weighted by Crippen LogP contribution is -2.00. The fraction of sp³-hybridized carbons (Fsp3) is 0. The Kier molecular flexibility index (Phi) is 5.56. The van der Waals surface area contributed by atoms with E-state index in [-0.39, 0.29) is 0 Å². The monoisotopic (exact) mass is 623 g/mol. The zero-order chi connectivity index (χ0) is 31.1. The summed E-state index contributed by atoms with van der Waals surface area (Å²) in [4.78, 5) is 15.3. The lowest BCUT2D eigenvalue weighted by atomic mass is 10.0. The number of hydrogen-bond donors (Lipinski definition) is 0. The van der Waals surface area contributed by atoms with Crippen LogP contribution >= 0.6 is 11.6 Å². The van der Waals surface area contributed by atoms with E-state index in [1.54, 1.807) is 0 Å². The van der Waals surface area contributed by atoms with Crippen molar-refractivity contribution >= 4 is 77.0 Å². The molecule has 0 amide bonds. The summed E-state index contributed by atoms with van der Waals surface area (Å²) in [6.07, 6.45) is 0. The van der Waals surface area contributed by atoms with E-state index >= 15 is 0 Å². The Morgan fingerprint density at radius 2 is 1.11 bits per heavy atom. The van der Waals surface area contributed by atoms with Crippen molar-refractivity contribution < 1.29 is 8.83 Å². The molecule has 10 rings (SSSR count). The summed E-state index contributed by atoms with van der Waals surface area (Å²) in [5.41, 5.74) is 5.66. The zero-order valence-electron chi connectivity index (χ0n) is 24.7. The SMILES string of the molecule is Clc1ccc2ccc3oc4c(-c5nc(-c6ccc7c(c6)oc6ccccc67)nc(-c6cccc7ccccc67)n5)cccc4c3c2c1. The van der Waals surface area contributed by atoms with E-state index in [1.165, 1.54) is 0 Å². The van der Waals surface area contributed by atoms with Gasteiger partial charge >= 0.3 is 0 Å². The van der Waals surface area contributed by atoms with E-state index in [4.69, 9.17) is 35.4 Å². The molecular weight excluding hydrogens is 602 g/mol. The molecule has 0 spiro atoms. The van der Waals surface area contributed by atoms with E-state index in [9.17, 15) is 0 Å². The maximum atomic E-state index is 6.58. The number of nitrogens with zero attached hydrogens (tertiary/aromatic N) is 3. The van der Waals surface area contributed by atoms with Gasteiger partial charge in [0.15, 0.2) is 17.5 Å². The van der Waals surface area contributed by atoms with Crippen LogP contribution in [0.2, 0.25) is 5.02 Å². The molecule has 0 bridgehead atoms. The zero-order valence-corrected chi connectivity index (χ0v) is 25.5. The first-order chi connectivity index (χ1) is 23.2. The molecule has 7 aromatic carbocycles. The fourth-order valence-corrected chi connectivity index (χ4v) is 6.97. The van der Waals surface area contributed by atoms with E-state index in [2.05, 4.69) is 48.5 Å². The third-order valence-corrected chi connectivity index (χ3v) is 9.22. The molecule has 0 N–H and O–H groups in total. The minimum atomic E-state index is 0.523. The van der Waals surface area contributed by atoms with Gasteiger partial charge in [-0.2, -0.15) is 0 Å². The predicted molar refractivity (Wildman–Crippen MR) is 191 cm³/mol. The van der Waals surface area contributed by atoms with E-state index in [0.29, 0.717) is 28.1 Å². The van der Waals surface area contributed by atoms with Crippen LogP contribution in [0, 0.1) is 0 Å². The minimum absolute atomic E-state index is 0.523. The second-order valence-electron chi connectivity index (χ2n) is 11.7. The van der Waals surface area contributed by atoms with Crippen molar-refractivity contribution in [1.29, 1.82) is 0 Å². The molecular formula is C41H22ClN3O2. The number of para-hydroxylation sites is 2. The molecule has 0 fully saturated rings. The minimum Gasteiger partial charge on any atom is -0.456 e. The number of benzene rings is 7. The van der Waals surface area contributed by atoms with Crippen LogP contribution in [-0.4, -0.2) is 15.0 Å². The first-order valence-corrected chi connectivity index (χ1v) is 15.8. The Bertz CT molecular complexity index is 2880. The van der Waals surface area contributed by atoms with E-state index in [1.807, 2.05) is 84.9 Å². The molecule has 220 valence electrons. The Morgan fingerprint density at radius 3 is 2.04 bits per heavy atom. The van der Waals surface area contributed by atoms with Gasteiger partial charge in [-0.05, 0) is 64.0 Å². The molecule has 0 unspecified atom stereocenters. The van der Waals surface area contributed by atoms with Gasteiger partial charge in [0, 0.05) is 37.7 Å². The number of halogens is 1. The van der Waals surface area contributed by atoms with Crippen molar-refractivity contribution in [3.63, 3.8) is 0 Å². The summed E-state index contributed by atoms with van der Waals surface area (Å²) in [7, 11) is 0. The van der Waals surface area contributed by atoms with Gasteiger partial charge in [-0.15, -0.1) is 0 Å². The predicted octanol–water partition coefficient (Wildman–Crippen LogP) is 11.6. The molecule has 0 aliphatic rings. The number of hydrogen-bond acceptors (Lipinski definition) is 5. The average molecular weight is 624 g/mol. The quantitative estimate of drug-likeness (QED) is 0.196. The molecule has 6 heteroatoms. The van der Waals surface area contributed by atoms with Gasteiger partial charge in [0.25, 0.3) is 0 Å². The molecule has 0 aliphatic carbocycles. The number of aromatic nitrogens is 3. The van der Waals surface area contributed by atoms with Crippen LogP contribution in [0.25, 0.3) is 99.6 Å². The van der Waals surface area contributed by atoms with Gasteiger partial charge in [-0.1, -0.05) is 103 Å². The lowest BCUT2D eigenvalue weighted by molar-refractivity contribution is 0.668. The Morgan fingerprint density at radius 1 is 0.426 bits per heavy atom. The van der Waals surface area contributed by atoms with Crippen molar-refractivity contribution in [2.24, 2.45) is 0 Å². The van der Waals surface area contributed by atoms with Crippen molar-refractivity contribution in [2.45, 2.75) is 0 Å². The van der Waals surface area contributed by atoms with Gasteiger partial charge in [0.1, 0.15) is 22.3 Å². The first kappa shape index (κ1) is 26.2. The molecule has 3 heterocycles. The molecule has 3 aromatic heterocycles. The van der Waals surface area contributed by atoms with Gasteiger partial charge in [-0.3, -0.25) is 0 Å². The van der Waals surface area contributed by atoms with Crippen LogP contribution in [0.15, 0.2) is 142 Å². The second kappa shape index (κ2) is 9.98. The summed E-state index contributed by atoms with van der Waals surface area (Å²) in [6.45, 7) is 0. The molecule has 0 saturated heterocycles. The van der Waals surface area contributed by atoms with Gasteiger partial charge in [0.05, 0.1) is 5.56 Å². The van der Waals surface area contributed by atoms with Gasteiger partial charge < -0.3 is 8.83 Å². The fourth-order valence-electron chi connectivity index (χ4n) is 6.80. The number of fused-ring (bicyclic) bond motifs is 9. The van der Waals surface area contributed by atoms with Gasteiger partial charge in [0.2, 0.25) is 0 Å². The van der Waals surface area contributed by atoms with Crippen molar-refractivity contribution in [3.8, 4) is 34.2 Å². The Labute approximate surface area is 272 Å². The standard InChI is InChI=1S/C41H22ClN3O2/c42-26-18-15-24-17-20-35-37(33(24)22-26)31-12-6-13-32(38(31)47-35)41-44-39(25-16-19-29-28-10-3-4-14-34(28)46-36(29)21-25)43-40(45-41)30-11-5-8-23-7-1-2-9-27(23)30/h1-22H. The number of rotatable bonds is 3. The number of furan rings is 2. The van der Waals surface area contributed by atoms with Crippen molar-refractivity contribution in [2.75, 3.05) is 0 Å². The summed E-state index contributed by atoms with van der Waals surface area (Å²) in [6, 6.07) is 44.8. The van der Waals surface area contributed by atoms with Crippen LogP contribution in [0.1, 0.15) is 0 Å². The molecule has 5 nitrogen and oxygen atoms in total. The van der Waals surface area contributed by atoms with E-state index in [0.717, 1.165) is 76.5 Å². The summed E-state index contributed by atoms with van der Waals surface area (Å²) in [5, 5.41) is 9.11. The smallest absolute Gasteiger partial charge is 0.167 e. The second-order valence-corrected chi connectivity index (χ2v) is 12.2. The summed E-state index contributed by atoms with van der Waals surface area (Å²) in [5.74, 6) is 1.65. The summed E-state index contributed by atoms with van der Waals surface area (Å²) < 4.78 is 12.8. The van der Waals surface area contributed by atoms with E-state index < -0.39 is 0 Å². The highest BCUT2D eigenvalue weighted by molar-refractivity contribution is 6.32. The highest BCUT2D eigenvalue weighted by Crippen LogP contribution is 2.40. The third kappa shape index (κ3) is 4.07. The Balaban J connectivity index is 1.25.